The van der Waals surface area contributed by atoms with Crippen LogP contribution in [-0.2, 0) is 17.1 Å². The molecular weight excluding hydrogens is 437 g/mol. The Labute approximate surface area is 179 Å². The maximum absolute atomic E-state index is 12.5. The molecule has 0 bridgehead atoms. The molecule has 0 saturated carbocycles. The summed E-state index contributed by atoms with van der Waals surface area (Å²) in [6.07, 6.45) is 2.41. The van der Waals surface area contributed by atoms with Crippen molar-refractivity contribution in [3.8, 4) is 0 Å². The molecule has 0 heterocycles. The van der Waals surface area contributed by atoms with E-state index in [0.717, 1.165) is 0 Å². The molecule has 0 saturated heterocycles. The number of rotatable bonds is 11. The van der Waals surface area contributed by atoms with Gasteiger partial charge in [-0.25, -0.2) is 4.79 Å². The van der Waals surface area contributed by atoms with Crippen LogP contribution in [0.25, 0.3) is 0 Å². The zero-order valence-corrected chi connectivity index (χ0v) is 25.6. The quantitative estimate of drug-likeness (QED) is 0.304. The average Bonchev–Trinajstić information content (AvgIpc) is 2.37. The van der Waals surface area contributed by atoms with Crippen LogP contribution in [0.5, 0.6) is 0 Å². The molecule has 5 nitrogen and oxygen atoms in total. The Morgan fingerprint density at radius 2 is 1.36 bits per heavy atom. The van der Waals surface area contributed by atoms with E-state index in [9.17, 15) is 9.90 Å². The average molecular weight is 481 g/mol. The van der Waals surface area contributed by atoms with E-state index in [2.05, 4.69) is 78.9 Å². The van der Waals surface area contributed by atoms with Crippen molar-refractivity contribution in [2.24, 2.45) is 0 Å². The van der Waals surface area contributed by atoms with Gasteiger partial charge in [0.2, 0.25) is 0 Å². The van der Waals surface area contributed by atoms with E-state index < -0.39 is 53.2 Å². The van der Waals surface area contributed by atoms with Crippen molar-refractivity contribution in [3.05, 3.63) is 11.6 Å². The van der Waals surface area contributed by atoms with Crippen LogP contribution in [0.3, 0.4) is 0 Å². The first-order valence-corrected chi connectivity index (χ1v) is 25.1. The van der Waals surface area contributed by atoms with Crippen LogP contribution in [-0.4, -0.2) is 53.6 Å². The molecule has 0 aliphatic heterocycles. The molecule has 10 heteroatoms. The fourth-order valence-electron chi connectivity index (χ4n) is 4.66. The van der Waals surface area contributed by atoms with Crippen molar-refractivity contribution in [2.45, 2.75) is 96.9 Å². The zero-order chi connectivity index (χ0) is 22.8. The lowest BCUT2D eigenvalue weighted by atomic mass is 10.1. The summed E-state index contributed by atoms with van der Waals surface area (Å²) < 4.78 is 19.8. The van der Waals surface area contributed by atoms with E-state index in [1.165, 1.54) is 0 Å². The third kappa shape index (κ3) is 6.59. The van der Waals surface area contributed by atoms with E-state index in [4.69, 9.17) is 12.3 Å². The van der Waals surface area contributed by atoms with Crippen LogP contribution < -0.4 is 0 Å². The molecular formula is C18H44O5Si5. The summed E-state index contributed by atoms with van der Waals surface area (Å²) in [5.74, 6) is -0.879. The number of hydrogen-bond acceptors (Lipinski definition) is 4. The molecule has 0 radical (unpaired) electrons. The number of carboxylic acid groups (broad SMARTS) is 1. The first-order valence-electron chi connectivity index (χ1n) is 10.3. The van der Waals surface area contributed by atoms with E-state index in [1.807, 2.05) is 6.92 Å². The fraction of sp³-hybridized carbons (Fsp3) is 0.833. The van der Waals surface area contributed by atoms with Crippen molar-refractivity contribution in [1.29, 1.82) is 0 Å². The largest absolute Gasteiger partial charge is 0.478 e. The highest BCUT2D eigenvalue weighted by atomic mass is 28.5. The molecule has 0 aromatic rings. The Hall–Kier alpha value is 0.174. The van der Waals surface area contributed by atoms with Gasteiger partial charge in [0.05, 0.1) is 4.66 Å². The van der Waals surface area contributed by atoms with Gasteiger partial charge in [0.25, 0.3) is 0 Å². The second-order valence-corrected chi connectivity index (χ2v) is 30.6. The highest BCUT2D eigenvalue weighted by Gasteiger charge is 2.67. The normalized spacial score (nSPS) is 17.0. The van der Waals surface area contributed by atoms with Gasteiger partial charge in [-0.1, -0.05) is 13.0 Å². The minimum atomic E-state index is -3.02. The molecule has 28 heavy (non-hydrogen) atoms. The predicted octanol–water partition coefficient (Wildman–Crippen LogP) is 5.69. The molecule has 0 aliphatic rings. The van der Waals surface area contributed by atoms with E-state index in [0.29, 0.717) is 12.0 Å². The van der Waals surface area contributed by atoms with E-state index in [1.54, 1.807) is 6.08 Å². The molecule has 0 aromatic heterocycles. The minimum absolute atomic E-state index is 0.423. The van der Waals surface area contributed by atoms with Crippen molar-refractivity contribution < 1.29 is 22.2 Å². The molecule has 1 unspecified atom stereocenters. The van der Waals surface area contributed by atoms with Crippen LogP contribution >= 0.6 is 0 Å². The maximum Gasteiger partial charge on any atom is 0.331 e. The van der Waals surface area contributed by atoms with Gasteiger partial charge < -0.3 is 17.5 Å². The topological polar surface area (TPSA) is 65.0 Å². The summed E-state index contributed by atoms with van der Waals surface area (Å²) in [7, 11) is -11.0. The van der Waals surface area contributed by atoms with Gasteiger partial charge in [0, 0.05) is 5.57 Å². The van der Waals surface area contributed by atoms with Crippen LogP contribution in [0.1, 0.15) is 20.3 Å². The Bertz CT molecular complexity index is 562. The molecule has 0 amide bonds. The Kier molecular flexibility index (Phi) is 9.60. The third-order valence-corrected chi connectivity index (χ3v) is 25.1. The maximum atomic E-state index is 12.5. The predicted molar refractivity (Wildman–Crippen MR) is 132 cm³/mol. The van der Waals surface area contributed by atoms with Crippen LogP contribution in [0.4, 0.5) is 0 Å². The van der Waals surface area contributed by atoms with E-state index in [-0.39, 0.29) is 0 Å². The fourth-order valence-corrected chi connectivity index (χ4v) is 30.4. The van der Waals surface area contributed by atoms with Gasteiger partial charge in [-0.2, -0.15) is 0 Å². The molecule has 0 aromatic carbocycles. The zero-order valence-electron chi connectivity index (χ0n) is 20.4. The third-order valence-electron chi connectivity index (χ3n) is 4.84. The van der Waals surface area contributed by atoms with Gasteiger partial charge in [-0.3, -0.25) is 0 Å². The highest BCUT2D eigenvalue weighted by molar-refractivity contribution is 7.01. The molecule has 1 atom stereocenters. The summed E-state index contributed by atoms with van der Waals surface area (Å²) in [4.78, 5) is 12.5. The molecule has 166 valence electrons. The van der Waals surface area contributed by atoms with Gasteiger partial charge in [-0.05, 0) is 85.4 Å². The first kappa shape index (κ1) is 28.2. The number of aliphatic carboxylic acids is 1. The lowest BCUT2D eigenvalue weighted by Crippen LogP contribution is -2.69. The van der Waals surface area contributed by atoms with Crippen molar-refractivity contribution in [3.63, 3.8) is 0 Å². The van der Waals surface area contributed by atoms with Crippen molar-refractivity contribution >= 4 is 48.5 Å². The molecule has 0 rings (SSSR count). The smallest absolute Gasteiger partial charge is 0.331 e. The lowest BCUT2D eigenvalue weighted by Gasteiger charge is -2.56. The summed E-state index contributed by atoms with van der Waals surface area (Å²) in [5.41, 5.74) is 0.423. The summed E-state index contributed by atoms with van der Waals surface area (Å²) >= 11 is 0. The second-order valence-electron chi connectivity index (χ2n) is 10.3. The lowest BCUT2D eigenvalue weighted by molar-refractivity contribution is -0.133. The monoisotopic (exact) mass is 480 g/mol. The van der Waals surface area contributed by atoms with Gasteiger partial charge in [0.15, 0.2) is 34.0 Å². The summed E-state index contributed by atoms with van der Waals surface area (Å²) in [6.45, 7) is 27.6. The molecule has 0 spiro atoms. The summed E-state index contributed by atoms with van der Waals surface area (Å²) in [5, 5.41) is 10.2. The Morgan fingerprint density at radius 3 is 1.57 bits per heavy atom. The van der Waals surface area contributed by atoms with Crippen LogP contribution in [0.15, 0.2) is 11.6 Å². The molecule has 1 N–H and O–H groups in total. The number of hydrogen-bond donors (Lipinski definition) is 1. The SMILES string of the molecule is CC=C(C(=O)O)C(CC)([Si](C)(C)O[SiH](C)C)[Si](C)(O[Si](C)(C)C)O[Si](C)(C)C. The van der Waals surface area contributed by atoms with Gasteiger partial charge in [-0.15, -0.1) is 0 Å². The highest BCUT2D eigenvalue weighted by Crippen LogP contribution is 2.57. The van der Waals surface area contributed by atoms with Crippen LogP contribution in [0.2, 0.25) is 76.7 Å². The first-order chi connectivity index (χ1) is 12.3. The molecule has 0 fully saturated rings. The van der Waals surface area contributed by atoms with E-state index >= 15 is 0 Å². The Balaban J connectivity index is 7.19. The standard InChI is InChI=1S/C18H44O5Si5/c1-14-16(17(19)20)18(15-2,27(11,12)21-24(3)4)28(13,22-25(5,6)7)23-26(8,9)10/h14,24H,15H2,1-13H3,(H,19,20). The van der Waals surface area contributed by atoms with Crippen molar-refractivity contribution in [2.75, 3.05) is 0 Å². The van der Waals surface area contributed by atoms with Crippen LogP contribution in [0, 0.1) is 0 Å². The number of allylic oxidation sites excluding steroid dienone is 1. The minimum Gasteiger partial charge on any atom is -0.478 e. The van der Waals surface area contributed by atoms with Crippen molar-refractivity contribution in [1.82, 2.24) is 0 Å². The second kappa shape index (κ2) is 9.54. The van der Waals surface area contributed by atoms with Gasteiger partial charge >= 0.3 is 14.5 Å². The number of carbonyl (C=O) groups is 1. The van der Waals surface area contributed by atoms with Gasteiger partial charge in [0.1, 0.15) is 0 Å². The number of carboxylic acids is 1. The Morgan fingerprint density at radius 1 is 0.964 bits per heavy atom. The molecule has 0 aliphatic carbocycles. The summed E-state index contributed by atoms with van der Waals surface area (Å²) in [6, 6.07) is 0.